The second-order valence-electron chi connectivity index (χ2n) is 5.52. The smallest absolute Gasteiger partial charge is 0.177 e. The topological polar surface area (TPSA) is 77.7 Å². The first-order chi connectivity index (χ1) is 7.96. The molecule has 2 fully saturated rings. The number of tetrazole rings is 1. The molecule has 1 heterocycles. The molecule has 0 spiro atoms. The molecular weight excluding hydrogens is 240 g/mol. The van der Waals surface area contributed by atoms with Crippen LogP contribution in [0.5, 0.6) is 0 Å². The van der Waals surface area contributed by atoms with Crippen molar-refractivity contribution in [3.63, 3.8) is 0 Å². The van der Waals surface area contributed by atoms with Crippen LogP contribution in [0.2, 0.25) is 0 Å². The molecule has 0 N–H and O–H groups in total. The molecule has 2 aliphatic carbocycles. The van der Waals surface area contributed by atoms with Gasteiger partial charge in [-0.05, 0) is 30.9 Å². The third-order valence-electron chi connectivity index (χ3n) is 3.41. The number of aromatic nitrogens is 4. The summed E-state index contributed by atoms with van der Waals surface area (Å²) in [6.45, 7) is 0.583. The molecule has 3 rings (SSSR count). The molecule has 2 aliphatic rings. The summed E-state index contributed by atoms with van der Waals surface area (Å²) in [4.78, 5) is 1.58. The van der Waals surface area contributed by atoms with Gasteiger partial charge in [0.25, 0.3) is 0 Å². The Morgan fingerprint density at radius 1 is 1.41 bits per heavy atom. The van der Waals surface area contributed by atoms with E-state index in [2.05, 4.69) is 15.4 Å². The van der Waals surface area contributed by atoms with Crippen molar-refractivity contribution in [1.82, 2.24) is 20.2 Å². The second kappa shape index (κ2) is 3.51. The maximum Gasteiger partial charge on any atom is 0.177 e. The molecule has 0 unspecified atom stereocenters. The van der Waals surface area contributed by atoms with Crippen molar-refractivity contribution in [3.8, 4) is 0 Å². The van der Waals surface area contributed by atoms with Crippen molar-refractivity contribution in [1.29, 1.82) is 0 Å². The van der Waals surface area contributed by atoms with E-state index in [-0.39, 0.29) is 11.2 Å². The van der Waals surface area contributed by atoms with Crippen LogP contribution >= 0.6 is 0 Å². The Hall–Kier alpha value is -0.980. The van der Waals surface area contributed by atoms with Crippen molar-refractivity contribution >= 4 is 9.84 Å². The quantitative estimate of drug-likeness (QED) is 0.761. The highest BCUT2D eigenvalue weighted by molar-refractivity contribution is 7.90. The van der Waals surface area contributed by atoms with E-state index in [9.17, 15) is 8.42 Å². The highest BCUT2D eigenvalue weighted by atomic mass is 32.2. The summed E-state index contributed by atoms with van der Waals surface area (Å²) in [6.07, 6.45) is 5.48. The molecule has 0 aromatic carbocycles. The van der Waals surface area contributed by atoms with Gasteiger partial charge in [0, 0.05) is 17.6 Å². The lowest BCUT2D eigenvalue weighted by atomic mass is 10.1. The Kier molecular flexibility index (Phi) is 2.30. The molecule has 0 atom stereocenters. The fraction of sp³-hybridized carbons (Fsp3) is 0.900. The van der Waals surface area contributed by atoms with Gasteiger partial charge in [-0.3, -0.25) is 0 Å². The van der Waals surface area contributed by atoms with Gasteiger partial charge in [0.2, 0.25) is 0 Å². The Labute approximate surface area is 100 Å². The van der Waals surface area contributed by atoms with E-state index in [0.717, 1.165) is 31.5 Å². The number of hydrogen-bond acceptors (Lipinski definition) is 5. The first kappa shape index (κ1) is 11.1. The lowest BCUT2D eigenvalue weighted by Crippen LogP contribution is -2.22. The highest BCUT2D eigenvalue weighted by Gasteiger charge is 2.46. The third-order valence-corrected chi connectivity index (χ3v) is 4.55. The Morgan fingerprint density at radius 2 is 2.12 bits per heavy atom. The van der Waals surface area contributed by atoms with Gasteiger partial charge in [0.1, 0.15) is 9.84 Å². The van der Waals surface area contributed by atoms with Crippen LogP contribution in [-0.2, 0) is 16.4 Å². The standard InChI is InChI=1S/C10H16N4O2S/c1-17(15,16)7-10(4-5-10)6-14-12-9(11-13-14)8-2-3-8/h8H,2-7H2,1H3. The summed E-state index contributed by atoms with van der Waals surface area (Å²) >= 11 is 0. The van der Waals surface area contributed by atoms with Crippen LogP contribution < -0.4 is 0 Å². The molecule has 0 aliphatic heterocycles. The van der Waals surface area contributed by atoms with E-state index in [1.54, 1.807) is 4.80 Å². The molecule has 2 saturated carbocycles. The van der Waals surface area contributed by atoms with E-state index in [0.29, 0.717) is 12.5 Å². The molecule has 0 saturated heterocycles. The Balaban J connectivity index is 1.69. The summed E-state index contributed by atoms with van der Waals surface area (Å²) in [6, 6.07) is 0. The third kappa shape index (κ3) is 2.65. The van der Waals surface area contributed by atoms with Crippen LogP contribution in [0.15, 0.2) is 0 Å². The van der Waals surface area contributed by atoms with Gasteiger partial charge in [0.15, 0.2) is 5.82 Å². The molecule has 6 nitrogen and oxygen atoms in total. The molecule has 0 bridgehead atoms. The predicted octanol–water partition coefficient (Wildman–Crippen LogP) is 0.375. The minimum atomic E-state index is -2.93. The van der Waals surface area contributed by atoms with Crippen molar-refractivity contribution < 1.29 is 8.42 Å². The van der Waals surface area contributed by atoms with E-state index in [1.807, 2.05) is 0 Å². The zero-order valence-electron chi connectivity index (χ0n) is 9.83. The van der Waals surface area contributed by atoms with Crippen molar-refractivity contribution in [2.45, 2.75) is 38.1 Å². The molecule has 17 heavy (non-hydrogen) atoms. The van der Waals surface area contributed by atoms with Crippen molar-refractivity contribution in [3.05, 3.63) is 5.82 Å². The van der Waals surface area contributed by atoms with E-state index >= 15 is 0 Å². The molecule has 1 aromatic heterocycles. The highest BCUT2D eigenvalue weighted by Crippen LogP contribution is 2.48. The Morgan fingerprint density at radius 3 is 2.65 bits per heavy atom. The van der Waals surface area contributed by atoms with Gasteiger partial charge in [-0.1, -0.05) is 0 Å². The minimum Gasteiger partial charge on any atom is -0.229 e. The van der Waals surface area contributed by atoms with Gasteiger partial charge in [-0.2, -0.15) is 4.80 Å². The van der Waals surface area contributed by atoms with Gasteiger partial charge < -0.3 is 0 Å². The van der Waals surface area contributed by atoms with Crippen LogP contribution in [0.25, 0.3) is 0 Å². The fourth-order valence-electron chi connectivity index (χ4n) is 2.21. The van der Waals surface area contributed by atoms with Crippen LogP contribution in [0, 0.1) is 5.41 Å². The Bertz CT molecular complexity index is 528. The SMILES string of the molecule is CS(=O)(=O)CC1(Cn2nnc(C3CC3)n2)CC1. The number of hydrogen-bond donors (Lipinski definition) is 0. The maximum absolute atomic E-state index is 11.3. The van der Waals surface area contributed by atoms with Crippen LogP contribution in [0.4, 0.5) is 0 Å². The molecule has 0 amide bonds. The molecule has 1 aromatic rings. The van der Waals surface area contributed by atoms with E-state index < -0.39 is 9.84 Å². The maximum atomic E-state index is 11.3. The summed E-state index contributed by atoms with van der Waals surface area (Å²) in [7, 11) is -2.93. The summed E-state index contributed by atoms with van der Waals surface area (Å²) < 4.78 is 22.7. The summed E-state index contributed by atoms with van der Waals surface area (Å²) in [5, 5.41) is 12.4. The average molecular weight is 256 g/mol. The van der Waals surface area contributed by atoms with E-state index in [1.165, 1.54) is 6.26 Å². The first-order valence-corrected chi connectivity index (χ1v) is 7.97. The van der Waals surface area contributed by atoms with Gasteiger partial charge >= 0.3 is 0 Å². The van der Waals surface area contributed by atoms with Crippen LogP contribution in [-0.4, -0.2) is 40.6 Å². The molecular formula is C10H16N4O2S. The minimum absolute atomic E-state index is 0.130. The number of rotatable bonds is 5. The molecule has 0 radical (unpaired) electrons. The predicted molar refractivity (Wildman–Crippen MR) is 61.2 cm³/mol. The monoisotopic (exact) mass is 256 g/mol. The van der Waals surface area contributed by atoms with Gasteiger partial charge in [0.05, 0.1) is 12.3 Å². The lowest BCUT2D eigenvalue weighted by molar-refractivity contribution is 0.388. The van der Waals surface area contributed by atoms with Crippen LogP contribution in [0.3, 0.4) is 0 Å². The zero-order chi connectivity index (χ0) is 12.1. The largest absolute Gasteiger partial charge is 0.229 e. The van der Waals surface area contributed by atoms with Crippen LogP contribution in [0.1, 0.15) is 37.4 Å². The average Bonchev–Trinajstić information content (AvgIpc) is 3.09. The number of nitrogens with zero attached hydrogens (tertiary/aromatic N) is 4. The summed E-state index contributed by atoms with van der Waals surface area (Å²) in [5.41, 5.74) is -0.130. The second-order valence-corrected chi connectivity index (χ2v) is 7.66. The molecule has 7 heteroatoms. The van der Waals surface area contributed by atoms with Crippen molar-refractivity contribution in [2.75, 3.05) is 12.0 Å². The normalized spacial score (nSPS) is 22.6. The molecule has 94 valence electrons. The lowest BCUT2D eigenvalue weighted by Gasteiger charge is -2.11. The van der Waals surface area contributed by atoms with Gasteiger partial charge in [-0.15, -0.1) is 10.2 Å². The zero-order valence-corrected chi connectivity index (χ0v) is 10.7. The number of sulfone groups is 1. The fourth-order valence-corrected chi connectivity index (χ4v) is 3.70. The van der Waals surface area contributed by atoms with Gasteiger partial charge in [-0.25, -0.2) is 8.42 Å². The van der Waals surface area contributed by atoms with Crippen molar-refractivity contribution in [2.24, 2.45) is 5.41 Å². The van der Waals surface area contributed by atoms with E-state index in [4.69, 9.17) is 0 Å². The first-order valence-electron chi connectivity index (χ1n) is 5.91. The summed E-state index contributed by atoms with van der Waals surface area (Å²) in [5.74, 6) is 1.55.